The fourth-order valence-electron chi connectivity index (χ4n) is 1.82. The van der Waals surface area contributed by atoms with Crippen LogP contribution in [0, 0.1) is 0 Å². The van der Waals surface area contributed by atoms with Crippen molar-refractivity contribution >= 4 is 11.4 Å². The zero-order valence-corrected chi connectivity index (χ0v) is 9.53. The molecule has 88 valence electrons. The second-order valence-electron chi connectivity index (χ2n) is 3.86. The number of rotatable bonds is 4. The first-order chi connectivity index (χ1) is 7.81. The van der Waals surface area contributed by atoms with Crippen molar-refractivity contribution in [3.05, 3.63) is 18.2 Å². The molecule has 1 aromatic rings. The minimum atomic E-state index is 0.360. The monoisotopic (exact) mass is 222 g/mol. The fourth-order valence-corrected chi connectivity index (χ4v) is 1.82. The molecule has 0 spiro atoms. The van der Waals surface area contributed by atoms with E-state index in [4.69, 9.17) is 15.2 Å². The van der Waals surface area contributed by atoms with Crippen LogP contribution in [0.3, 0.4) is 0 Å². The van der Waals surface area contributed by atoms with Crippen LogP contribution in [0.15, 0.2) is 18.2 Å². The summed E-state index contributed by atoms with van der Waals surface area (Å²) >= 11 is 0. The maximum atomic E-state index is 6.02. The predicted octanol–water partition coefficient (Wildman–Crippen LogP) is 1.87. The van der Waals surface area contributed by atoms with Crippen LogP contribution in [0.5, 0.6) is 5.75 Å². The molecule has 2 rings (SSSR count). The highest BCUT2D eigenvalue weighted by molar-refractivity contribution is 5.73. The molecule has 1 fully saturated rings. The van der Waals surface area contributed by atoms with Crippen molar-refractivity contribution < 1.29 is 9.47 Å². The lowest BCUT2D eigenvalue weighted by atomic mass is 10.2. The SMILES string of the molecule is CCOc1cccc(NC2CCOC2)c1N. The van der Waals surface area contributed by atoms with Gasteiger partial charge in [-0.3, -0.25) is 0 Å². The molecule has 0 radical (unpaired) electrons. The molecular weight excluding hydrogens is 204 g/mol. The van der Waals surface area contributed by atoms with Gasteiger partial charge >= 0.3 is 0 Å². The Morgan fingerprint density at radius 3 is 3.12 bits per heavy atom. The molecule has 0 aromatic heterocycles. The molecule has 1 saturated heterocycles. The van der Waals surface area contributed by atoms with E-state index in [2.05, 4.69) is 5.32 Å². The van der Waals surface area contributed by atoms with Gasteiger partial charge in [0, 0.05) is 6.61 Å². The summed E-state index contributed by atoms with van der Waals surface area (Å²) in [5, 5.41) is 3.38. The predicted molar refractivity (Wildman–Crippen MR) is 64.9 cm³/mol. The van der Waals surface area contributed by atoms with Gasteiger partial charge in [0.25, 0.3) is 0 Å². The lowest BCUT2D eigenvalue weighted by molar-refractivity contribution is 0.195. The minimum Gasteiger partial charge on any atom is -0.492 e. The van der Waals surface area contributed by atoms with E-state index in [0.29, 0.717) is 18.3 Å². The summed E-state index contributed by atoms with van der Waals surface area (Å²) in [5.41, 5.74) is 7.63. The van der Waals surface area contributed by atoms with Gasteiger partial charge in [0.2, 0.25) is 0 Å². The molecule has 1 unspecified atom stereocenters. The number of ether oxygens (including phenoxy) is 2. The highest BCUT2D eigenvalue weighted by Crippen LogP contribution is 2.30. The van der Waals surface area contributed by atoms with E-state index < -0.39 is 0 Å². The maximum Gasteiger partial charge on any atom is 0.144 e. The number of hydrogen-bond donors (Lipinski definition) is 2. The van der Waals surface area contributed by atoms with Crippen molar-refractivity contribution in [1.29, 1.82) is 0 Å². The Bertz CT molecular complexity index is 349. The van der Waals surface area contributed by atoms with Gasteiger partial charge < -0.3 is 20.5 Å². The zero-order chi connectivity index (χ0) is 11.4. The van der Waals surface area contributed by atoms with Gasteiger partial charge in [-0.2, -0.15) is 0 Å². The lowest BCUT2D eigenvalue weighted by Crippen LogP contribution is -2.19. The van der Waals surface area contributed by atoms with Crippen molar-refractivity contribution in [2.75, 3.05) is 30.9 Å². The van der Waals surface area contributed by atoms with E-state index in [1.165, 1.54) is 0 Å². The average Bonchev–Trinajstić information content (AvgIpc) is 2.77. The summed E-state index contributed by atoms with van der Waals surface area (Å²) in [6.45, 7) is 4.14. The fraction of sp³-hybridized carbons (Fsp3) is 0.500. The van der Waals surface area contributed by atoms with E-state index in [9.17, 15) is 0 Å². The Kier molecular flexibility index (Phi) is 3.51. The topological polar surface area (TPSA) is 56.5 Å². The van der Waals surface area contributed by atoms with Crippen molar-refractivity contribution in [2.24, 2.45) is 0 Å². The Balaban J connectivity index is 2.10. The van der Waals surface area contributed by atoms with Crippen LogP contribution in [-0.2, 0) is 4.74 Å². The largest absolute Gasteiger partial charge is 0.492 e. The molecule has 1 atom stereocenters. The Morgan fingerprint density at radius 1 is 1.56 bits per heavy atom. The third-order valence-electron chi connectivity index (χ3n) is 2.66. The second kappa shape index (κ2) is 5.07. The number of anilines is 2. The second-order valence-corrected chi connectivity index (χ2v) is 3.86. The van der Waals surface area contributed by atoms with Crippen LogP contribution in [-0.4, -0.2) is 25.9 Å². The third kappa shape index (κ3) is 2.39. The molecule has 0 bridgehead atoms. The first-order valence-electron chi connectivity index (χ1n) is 5.67. The summed E-state index contributed by atoms with van der Waals surface area (Å²) in [5.74, 6) is 0.742. The number of nitrogens with one attached hydrogen (secondary N) is 1. The molecule has 1 aliphatic rings. The number of nitrogens with two attached hydrogens (primary N) is 1. The number of para-hydroxylation sites is 1. The molecule has 1 aromatic carbocycles. The lowest BCUT2D eigenvalue weighted by Gasteiger charge is -2.16. The van der Waals surface area contributed by atoms with Crippen molar-refractivity contribution in [3.63, 3.8) is 0 Å². The number of hydrogen-bond acceptors (Lipinski definition) is 4. The molecule has 1 aliphatic heterocycles. The molecule has 16 heavy (non-hydrogen) atoms. The van der Waals surface area contributed by atoms with Gasteiger partial charge in [-0.15, -0.1) is 0 Å². The van der Waals surface area contributed by atoms with Crippen LogP contribution < -0.4 is 15.8 Å². The van der Waals surface area contributed by atoms with E-state index in [1.807, 2.05) is 25.1 Å². The van der Waals surface area contributed by atoms with Crippen LogP contribution >= 0.6 is 0 Å². The molecule has 3 N–H and O–H groups in total. The van der Waals surface area contributed by atoms with E-state index in [1.54, 1.807) is 0 Å². The molecule has 4 heteroatoms. The molecular formula is C12H18N2O2. The maximum absolute atomic E-state index is 6.02. The smallest absolute Gasteiger partial charge is 0.144 e. The van der Waals surface area contributed by atoms with Crippen molar-refractivity contribution in [2.45, 2.75) is 19.4 Å². The van der Waals surface area contributed by atoms with Crippen LogP contribution in [0.4, 0.5) is 11.4 Å². The van der Waals surface area contributed by atoms with Crippen LogP contribution in [0.25, 0.3) is 0 Å². The normalized spacial score (nSPS) is 19.7. The minimum absolute atomic E-state index is 0.360. The molecule has 0 saturated carbocycles. The molecule has 0 aliphatic carbocycles. The average molecular weight is 222 g/mol. The Morgan fingerprint density at radius 2 is 2.44 bits per heavy atom. The molecule has 1 heterocycles. The Hall–Kier alpha value is -1.42. The standard InChI is InChI=1S/C12H18N2O2/c1-2-16-11-5-3-4-10(12(11)13)14-9-6-7-15-8-9/h3-5,9,14H,2,6-8,13H2,1H3. The third-order valence-corrected chi connectivity index (χ3v) is 2.66. The summed E-state index contributed by atoms with van der Waals surface area (Å²) < 4.78 is 10.8. The molecule has 4 nitrogen and oxygen atoms in total. The summed E-state index contributed by atoms with van der Waals surface area (Å²) in [7, 11) is 0. The highest BCUT2D eigenvalue weighted by Gasteiger charge is 2.16. The number of nitrogen functional groups attached to an aromatic ring is 1. The Labute approximate surface area is 95.7 Å². The summed E-state index contributed by atoms with van der Waals surface area (Å²) in [6.07, 6.45) is 1.03. The van der Waals surface area contributed by atoms with E-state index in [0.717, 1.165) is 31.1 Å². The molecule has 0 amide bonds. The number of benzene rings is 1. The quantitative estimate of drug-likeness (QED) is 0.764. The van der Waals surface area contributed by atoms with Gasteiger partial charge in [-0.05, 0) is 25.5 Å². The van der Waals surface area contributed by atoms with Crippen molar-refractivity contribution in [1.82, 2.24) is 0 Å². The van der Waals surface area contributed by atoms with Crippen LogP contribution in [0.2, 0.25) is 0 Å². The van der Waals surface area contributed by atoms with E-state index >= 15 is 0 Å². The summed E-state index contributed by atoms with van der Waals surface area (Å²) in [4.78, 5) is 0. The van der Waals surface area contributed by atoms with Crippen LogP contribution in [0.1, 0.15) is 13.3 Å². The zero-order valence-electron chi connectivity index (χ0n) is 9.53. The highest BCUT2D eigenvalue weighted by atomic mass is 16.5. The van der Waals surface area contributed by atoms with Gasteiger partial charge in [0.15, 0.2) is 0 Å². The van der Waals surface area contributed by atoms with Gasteiger partial charge in [-0.25, -0.2) is 0 Å². The first-order valence-corrected chi connectivity index (χ1v) is 5.67. The van der Waals surface area contributed by atoms with Gasteiger partial charge in [0.05, 0.1) is 30.6 Å². The van der Waals surface area contributed by atoms with E-state index in [-0.39, 0.29) is 0 Å². The first kappa shape index (κ1) is 11.1. The van der Waals surface area contributed by atoms with Gasteiger partial charge in [0.1, 0.15) is 5.75 Å². The summed E-state index contributed by atoms with van der Waals surface area (Å²) in [6, 6.07) is 6.16. The van der Waals surface area contributed by atoms with Crippen molar-refractivity contribution in [3.8, 4) is 5.75 Å². The van der Waals surface area contributed by atoms with Gasteiger partial charge in [-0.1, -0.05) is 6.07 Å².